The molecule has 0 radical (unpaired) electrons. The second kappa shape index (κ2) is 6.04. The highest BCUT2D eigenvalue weighted by Crippen LogP contribution is 2.27. The fraction of sp³-hybridized carbons (Fsp3) is 0.533. The van der Waals surface area contributed by atoms with E-state index in [1.807, 2.05) is 13.8 Å². The molecule has 4 heteroatoms. The standard InChI is InChI=1S/C15H21FO3/c1-6-18-14(17)15(4,5)19-13-9-11(10(2)3)7-8-12(13)16/h7-10H,6H2,1-5H3. The van der Waals surface area contributed by atoms with Gasteiger partial charge >= 0.3 is 5.97 Å². The Labute approximate surface area is 113 Å². The largest absolute Gasteiger partial charge is 0.473 e. The maximum absolute atomic E-state index is 13.7. The Hall–Kier alpha value is -1.58. The lowest BCUT2D eigenvalue weighted by Crippen LogP contribution is -2.40. The molecule has 0 heterocycles. The number of esters is 1. The van der Waals surface area contributed by atoms with Gasteiger partial charge in [0.2, 0.25) is 0 Å². The van der Waals surface area contributed by atoms with E-state index in [4.69, 9.17) is 9.47 Å². The summed E-state index contributed by atoms with van der Waals surface area (Å²) in [6.07, 6.45) is 0. The first kappa shape index (κ1) is 15.5. The summed E-state index contributed by atoms with van der Waals surface area (Å²) in [7, 11) is 0. The fourth-order valence-electron chi connectivity index (χ4n) is 1.58. The van der Waals surface area contributed by atoms with Gasteiger partial charge in [-0.05, 0) is 44.4 Å². The van der Waals surface area contributed by atoms with Crippen molar-refractivity contribution in [3.63, 3.8) is 0 Å². The number of ether oxygens (including phenoxy) is 2. The first-order chi connectivity index (χ1) is 8.77. The molecule has 3 nitrogen and oxygen atoms in total. The van der Waals surface area contributed by atoms with Gasteiger partial charge in [-0.1, -0.05) is 19.9 Å². The third-order valence-electron chi connectivity index (χ3n) is 2.75. The van der Waals surface area contributed by atoms with Crippen LogP contribution in [-0.2, 0) is 9.53 Å². The average molecular weight is 268 g/mol. The molecule has 0 saturated heterocycles. The smallest absolute Gasteiger partial charge is 0.349 e. The van der Waals surface area contributed by atoms with Crippen molar-refractivity contribution < 1.29 is 18.7 Å². The van der Waals surface area contributed by atoms with Crippen LogP contribution in [0.5, 0.6) is 5.75 Å². The highest BCUT2D eigenvalue weighted by atomic mass is 19.1. The van der Waals surface area contributed by atoms with Crippen LogP contribution in [0.25, 0.3) is 0 Å². The highest BCUT2D eigenvalue weighted by Gasteiger charge is 2.32. The Kier molecular flexibility index (Phi) is 4.92. The van der Waals surface area contributed by atoms with Crippen LogP contribution in [0.15, 0.2) is 18.2 Å². The number of benzene rings is 1. The summed E-state index contributed by atoms with van der Waals surface area (Å²) in [6.45, 7) is 9.12. The van der Waals surface area contributed by atoms with Crippen LogP contribution in [0, 0.1) is 5.82 Å². The summed E-state index contributed by atoms with van der Waals surface area (Å²) < 4.78 is 24.1. The number of carbonyl (C=O) groups excluding carboxylic acids is 1. The monoisotopic (exact) mass is 268 g/mol. The van der Waals surface area contributed by atoms with E-state index in [1.165, 1.54) is 6.07 Å². The van der Waals surface area contributed by atoms with Crippen molar-refractivity contribution in [2.45, 2.75) is 46.1 Å². The van der Waals surface area contributed by atoms with E-state index < -0.39 is 17.4 Å². The summed E-state index contributed by atoms with van der Waals surface area (Å²) in [5.41, 5.74) is -0.261. The molecule has 106 valence electrons. The molecule has 0 aliphatic heterocycles. The second-order valence-electron chi connectivity index (χ2n) is 5.18. The predicted octanol–water partition coefficient (Wildman–Crippen LogP) is 3.67. The fourth-order valence-corrected chi connectivity index (χ4v) is 1.58. The molecule has 1 aromatic carbocycles. The van der Waals surface area contributed by atoms with Crippen LogP contribution >= 0.6 is 0 Å². The lowest BCUT2D eigenvalue weighted by Gasteiger charge is -2.24. The number of carbonyl (C=O) groups is 1. The minimum absolute atomic E-state index is 0.0734. The Balaban J connectivity index is 2.98. The van der Waals surface area contributed by atoms with Crippen molar-refractivity contribution in [3.8, 4) is 5.75 Å². The maximum atomic E-state index is 13.7. The summed E-state index contributed by atoms with van der Waals surface area (Å²) in [5.74, 6) is -0.663. The van der Waals surface area contributed by atoms with E-state index in [-0.39, 0.29) is 18.3 Å². The number of halogens is 1. The zero-order valence-corrected chi connectivity index (χ0v) is 12.1. The molecule has 1 aromatic rings. The quantitative estimate of drug-likeness (QED) is 0.764. The average Bonchev–Trinajstić information content (AvgIpc) is 2.31. The first-order valence-electron chi connectivity index (χ1n) is 6.43. The van der Waals surface area contributed by atoms with Crippen molar-refractivity contribution in [2.24, 2.45) is 0 Å². The van der Waals surface area contributed by atoms with E-state index in [0.29, 0.717) is 0 Å². The Morgan fingerprint density at radius 1 is 1.37 bits per heavy atom. The molecule has 0 spiro atoms. The van der Waals surface area contributed by atoms with E-state index >= 15 is 0 Å². The number of rotatable bonds is 5. The molecule has 0 unspecified atom stereocenters. The highest BCUT2D eigenvalue weighted by molar-refractivity contribution is 5.79. The number of hydrogen-bond donors (Lipinski definition) is 0. The van der Waals surface area contributed by atoms with Crippen LogP contribution in [0.4, 0.5) is 4.39 Å². The lowest BCUT2D eigenvalue weighted by molar-refractivity contribution is -0.158. The number of hydrogen-bond acceptors (Lipinski definition) is 3. The van der Waals surface area contributed by atoms with Gasteiger partial charge < -0.3 is 9.47 Å². The summed E-state index contributed by atoms with van der Waals surface area (Å²) in [4.78, 5) is 11.7. The Morgan fingerprint density at radius 3 is 2.53 bits per heavy atom. The summed E-state index contributed by atoms with van der Waals surface area (Å²) >= 11 is 0. The third-order valence-corrected chi connectivity index (χ3v) is 2.75. The van der Waals surface area contributed by atoms with Crippen molar-refractivity contribution in [2.75, 3.05) is 6.61 Å². The predicted molar refractivity (Wildman–Crippen MR) is 71.8 cm³/mol. The Bertz CT molecular complexity index is 453. The normalized spacial score (nSPS) is 11.5. The molecular formula is C15H21FO3. The second-order valence-corrected chi connectivity index (χ2v) is 5.18. The van der Waals surface area contributed by atoms with Crippen molar-refractivity contribution >= 4 is 5.97 Å². The topological polar surface area (TPSA) is 35.5 Å². The molecule has 0 fully saturated rings. The van der Waals surface area contributed by atoms with Crippen molar-refractivity contribution in [1.29, 1.82) is 0 Å². The summed E-state index contributed by atoms with van der Waals surface area (Å²) in [5, 5.41) is 0. The van der Waals surface area contributed by atoms with Gasteiger partial charge in [0.1, 0.15) is 0 Å². The molecular weight excluding hydrogens is 247 g/mol. The van der Waals surface area contributed by atoms with Gasteiger partial charge in [-0.25, -0.2) is 9.18 Å². The van der Waals surface area contributed by atoms with Gasteiger partial charge in [0.05, 0.1) is 6.61 Å². The minimum atomic E-state index is -1.22. The van der Waals surface area contributed by atoms with Crippen LogP contribution in [0.2, 0.25) is 0 Å². The molecule has 0 saturated carbocycles. The van der Waals surface area contributed by atoms with E-state index in [9.17, 15) is 9.18 Å². The van der Waals surface area contributed by atoms with Gasteiger partial charge in [-0.2, -0.15) is 0 Å². The molecule has 0 bridgehead atoms. The lowest BCUT2D eigenvalue weighted by atomic mass is 10.0. The van der Waals surface area contributed by atoms with Gasteiger partial charge in [0.15, 0.2) is 17.2 Å². The van der Waals surface area contributed by atoms with E-state index in [0.717, 1.165) is 5.56 Å². The third kappa shape index (κ3) is 3.94. The van der Waals surface area contributed by atoms with Crippen LogP contribution < -0.4 is 4.74 Å². The molecule has 19 heavy (non-hydrogen) atoms. The zero-order valence-electron chi connectivity index (χ0n) is 12.1. The van der Waals surface area contributed by atoms with Crippen LogP contribution in [-0.4, -0.2) is 18.2 Å². The van der Waals surface area contributed by atoms with Gasteiger partial charge in [0, 0.05) is 0 Å². The molecule has 0 aromatic heterocycles. The van der Waals surface area contributed by atoms with E-state index in [1.54, 1.807) is 32.9 Å². The molecule has 0 aliphatic carbocycles. The Morgan fingerprint density at radius 2 is 2.00 bits per heavy atom. The molecule has 0 N–H and O–H groups in total. The molecule has 1 rings (SSSR count). The van der Waals surface area contributed by atoms with Crippen molar-refractivity contribution in [3.05, 3.63) is 29.6 Å². The maximum Gasteiger partial charge on any atom is 0.349 e. The SMILES string of the molecule is CCOC(=O)C(C)(C)Oc1cc(C(C)C)ccc1F. The van der Waals surface area contributed by atoms with Crippen LogP contribution in [0.1, 0.15) is 46.1 Å². The molecule has 0 aliphatic rings. The first-order valence-corrected chi connectivity index (χ1v) is 6.43. The molecule has 0 amide bonds. The van der Waals surface area contributed by atoms with Crippen LogP contribution in [0.3, 0.4) is 0 Å². The minimum Gasteiger partial charge on any atom is -0.473 e. The summed E-state index contributed by atoms with van der Waals surface area (Å²) in [6, 6.07) is 4.69. The van der Waals surface area contributed by atoms with Gasteiger partial charge in [-0.15, -0.1) is 0 Å². The van der Waals surface area contributed by atoms with Gasteiger partial charge in [-0.3, -0.25) is 0 Å². The van der Waals surface area contributed by atoms with Gasteiger partial charge in [0.25, 0.3) is 0 Å². The zero-order chi connectivity index (χ0) is 14.6. The molecule has 0 atom stereocenters. The van der Waals surface area contributed by atoms with Crippen molar-refractivity contribution in [1.82, 2.24) is 0 Å². The van der Waals surface area contributed by atoms with E-state index in [2.05, 4.69) is 0 Å².